The standard InChI is InChI=1S/C26H26F3NO8S2/c1-4-36-25(31)17-30(39(32,33)22-13-10-18(2)11-14-22)19(3)23-16-21(37-20-8-6-5-7-9-20)12-15-24(23)38-40(34,35)26(27,28)29/h5-16,19H,4,17H2,1-3H3. The number of para-hydroxylation sites is 1. The van der Waals surface area contributed by atoms with E-state index in [9.17, 15) is 34.8 Å². The first-order chi connectivity index (χ1) is 18.7. The van der Waals surface area contributed by atoms with E-state index in [0.29, 0.717) is 10.1 Å². The number of hydrogen-bond acceptors (Lipinski definition) is 8. The summed E-state index contributed by atoms with van der Waals surface area (Å²) in [5.74, 6) is -1.37. The second kappa shape index (κ2) is 12.3. The van der Waals surface area contributed by atoms with Crippen LogP contribution in [0.15, 0.2) is 77.7 Å². The maximum absolute atomic E-state index is 13.7. The fourth-order valence-electron chi connectivity index (χ4n) is 3.55. The lowest BCUT2D eigenvalue weighted by Crippen LogP contribution is -2.38. The Bertz CT molecular complexity index is 1540. The van der Waals surface area contributed by atoms with Crippen LogP contribution in [-0.2, 0) is 29.7 Å². The molecule has 3 aromatic carbocycles. The SMILES string of the molecule is CCOC(=O)CN(C(C)c1cc(Oc2ccccc2)ccc1OS(=O)(=O)C(F)(F)F)S(=O)(=O)c1ccc(C)cc1. The van der Waals surface area contributed by atoms with Crippen molar-refractivity contribution in [2.75, 3.05) is 13.2 Å². The topological polar surface area (TPSA) is 116 Å². The smallest absolute Gasteiger partial charge is 0.465 e. The van der Waals surface area contributed by atoms with E-state index in [4.69, 9.17) is 9.47 Å². The molecule has 0 amide bonds. The number of alkyl halides is 3. The van der Waals surface area contributed by atoms with Gasteiger partial charge in [-0.05, 0) is 63.2 Å². The third kappa shape index (κ3) is 7.31. The first kappa shape index (κ1) is 30.9. The molecule has 3 aromatic rings. The third-order valence-corrected chi connectivity index (χ3v) is 8.44. The van der Waals surface area contributed by atoms with E-state index in [2.05, 4.69) is 4.18 Å². The molecule has 0 aliphatic rings. The molecule has 0 spiro atoms. The molecule has 3 rings (SSSR count). The Morgan fingerprint density at radius 1 is 0.925 bits per heavy atom. The van der Waals surface area contributed by atoms with Gasteiger partial charge in [-0.15, -0.1) is 0 Å². The zero-order valence-corrected chi connectivity index (χ0v) is 23.2. The van der Waals surface area contributed by atoms with Gasteiger partial charge in [-0.25, -0.2) is 8.42 Å². The highest BCUT2D eigenvalue weighted by molar-refractivity contribution is 7.89. The molecule has 40 heavy (non-hydrogen) atoms. The Hall–Kier alpha value is -3.62. The maximum Gasteiger partial charge on any atom is 0.534 e. The Kier molecular flexibility index (Phi) is 9.48. The molecule has 9 nitrogen and oxygen atoms in total. The molecule has 0 fully saturated rings. The van der Waals surface area contributed by atoms with Gasteiger partial charge >= 0.3 is 21.6 Å². The minimum atomic E-state index is -6.13. The van der Waals surface area contributed by atoms with Crippen molar-refractivity contribution < 1.29 is 48.5 Å². The number of carbonyl (C=O) groups is 1. The number of hydrogen-bond donors (Lipinski definition) is 0. The van der Waals surface area contributed by atoms with Crippen LogP contribution in [0.3, 0.4) is 0 Å². The molecular weight excluding hydrogens is 575 g/mol. The van der Waals surface area contributed by atoms with Crippen molar-refractivity contribution in [3.8, 4) is 17.2 Å². The van der Waals surface area contributed by atoms with Gasteiger partial charge in [-0.1, -0.05) is 35.9 Å². The van der Waals surface area contributed by atoms with E-state index in [-0.39, 0.29) is 22.8 Å². The Labute approximate surface area is 230 Å². The van der Waals surface area contributed by atoms with Crippen LogP contribution in [0, 0.1) is 6.92 Å². The summed E-state index contributed by atoms with van der Waals surface area (Å²) in [7, 11) is -10.6. The molecule has 1 atom stereocenters. The van der Waals surface area contributed by atoms with Crippen LogP contribution in [0.4, 0.5) is 13.2 Å². The number of carbonyl (C=O) groups excluding carboxylic acids is 1. The van der Waals surface area contributed by atoms with Gasteiger partial charge in [0.15, 0.2) is 0 Å². The molecule has 0 aromatic heterocycles. The van der Waals surface area contributed by atoms with E-state index >= 15 is 0 Å². The first-order valence-corrected chi connectivity index (χ1v) is 14.6. The molecule has 0 aliphatic carbocycles. The summed E-state index contributed by atoms with van der Waals surface area (Å²) in [6.07, 6.45) is 0. The molecule has 0 N–H and O–H groups in total. The van der Waals surface area contributed by atoms with Crippen LogP contribution in [0.1, 0.15) is 31.0 Å². The predicted octanol–water partition coefficient (Wildman–Crippen LogP) is 5.33. The van der Waals surface area contributed by atoms with Crippen LogP contribution in [0.5, 0.6) is 17.2 Å². The Morgan fingerprint density at radius 2 is 1.55 bits per heavy atom. The Morgan fingerprint density at radius 3 is 2.12 bits per heavy atom. The number of nitrogens with zero attached hydrogens (tertiary/aromatic N) is 1. The van der Waals surface area contributed by atoms with E-state index in [1.165, 1.54) is 38.1 Å². The highest BCUT2D eigenvalue weighted by Gasteiger charge is 2.49. The maximum atomic E-state index is 13.7. The summed E-state index contributed by atoms with van der Waals surface area (Å²) < 4.78 is 106. The van der Waals surface area contributed by atoms with Gasteiger partial charge in [-0.2, -0.15) is 25.9 Å². The minimum absolute atomic E-state index is 0.0358. The summed E-state index contributed by atoms with van der Waals surface area (Å²) in [4.78, 5) is 12.2. The highest BCUT2D eigenvalue weighted by Crippen LogP contribution is 2.39. The second-order valence-corrected chi connectivity index (χ2v) is 11.9. The van der Waals surface area contributed by atoms with Crippen molar-refractivity contribution >= 4 is 26.1 Å². The number of halogens is 3. The van der Waals surface area contributed by atoms with Crippen LogP contribution in [0.2, 0.25) is 0 Å². The molecular formula is C26H26F3NO8S2. The van der Waals surface area contributed by atoms with E-state index in [1.54, 1.807) is 37.3 Å². The van der Waals surface area contributed by atoms with Crippen molar-refractivity contribution in [1.82, 2.24) is 4.31 Å². The summed E-state index contributed by atoms with van der Waals surface area (Å²) in [6, 6.07) is 15.7. The Balaban J connectivity index is 2.17. The molecule has 0 heterocycles. The molecule has 0 radical (unpaired) electrons. The summed E-state index contributed by atoms with van der Waals surface area (Å²) in [5.41, 5.74) is -5.32. The third-order valence-electron chi connectivity index (χ3n) is 5.54. The number of benzene rings is 3. The van der Waals surface area contributed by atoms with Crippen LogP contribution in [-0.4, -0.2) is 45.8 Å². The molecule has 0 saturated heterocycles. The number of esters is 1. The fourth-order valence-corrected chi connectivity index (χ4v) is 5.59. The summed E-state index contributed by atoms with van der Waals surface area (Å²) in [5, 5.41) is 0. The first-order valence-electron chi connectivity index (χ1n) is 11.8. The van der Waals surface area contributed by atoms with Gasteiger partial charge in [0.05, 0.1) is 17.5 Å². The molecule has 14 heteroatoms. The molecule has 216 valence electrons. The van der Waals surface area contributed by atoms with E-state index in [1.807, 2.05) is 0 Å². The minimum Gasteiger partial charge on any atom is -0.465 e. The van der Waals surface area contributed by atoms with Gasteiger partial charge in [0.2, 0.25) is 10.0 Å². The average molecular weight is 602 g/mol. The largest absolute Gasteiger partial charge is 0.534 e. The number of ether oxygens (including phenoxy) is 2. The monoisotopic (exact) mass is 601 g/mol. The van der Waals surface area contributed by atoms with Crippen molar-refractivity contribution in [3.05, 3.63) is 83.9 Å². The van der Waals surface area contributed by atoms with Crippen molar-refractivity contribution in [3.63, 3.8) is 0 Å². The van der Waals surface area contributed by atoms with Gasteiger partial charge in [0.1, 0.15) is 23.8 Å². The van der Waals surface area contributed by atoms with E-state index < -0.39 is 50.0 Å². The van der Waals surface area contributed by atoms with Gasteiger partial charge in [0.25, 0.3) is 0 Å². The van der Waals surface area contributed by atoms with Crippen molar-refractivity contribution in [2.45, 2.75) is 37.2 Å². The normalized spacial score (nSPS) is 13.1. The molecule has 1 unspecified atom stereocenters. The van der Waals surface area contributed by atoms with Gasteiger partial charge in [-0.3, -0.25) is 4.79 Å². The average Bonchev–Trinajstić information content (AvgIpc) is 2.88. The van der Waals surface area contributed by atoms with Gasteiger partial charge in [0, 0.05) is 5.56 Å². The summed E-state index contributed by atoms with van der Waals surface area (Å²) >= 11 is 0. The molecule has 0 aliphatic heterocycles. The van der Waals surface area contributed by atoms with E-state index in [0.717, 1.165) is 23.8 Å². The number of rotatable bonds is 11. The summed E-state index contributed by atoms with van der Waals surface area (Å²) in [6.45, 7) is 3.61. The van der Waals surface area contributed by atoms with Crippen LogP contribution in [0.25, 0.3) is 0 Å². The quantitative estimate of drug-likeness (QED) is 0.165. The lowest BCUT2D eigenvalue weighted by Gasteiger charge is -2.29. The molecule has 0 bridgehead atoms. The van der Waals surface area contributed by atoms with Crippen molar-refractivity contribution in [2.24, 2.45) is 0 Å². The zero-order chi connectivity index (χ0) is 29.7. The van der Waals surface area contributed by atoms with Crippen LogP contribution < -0.4 is 8.92 Å². The van der Waals surface area contributed by atoms with Crippen LogP contribution >= 0.6 is 0 Å². The molecule has 0 saturated carbocycles. The van der Waals surface area contributed by atoms with Gasteiger partial charge < -0.3 is 13.7 Å². The van der Waals surface area contributed by atoms with Crippen molar-refractivity contribution in [1.29, 1.82) is 0 Å². The predicted molar refractivity (Wildman–Crippen MR) is 139 cm³/mol. The fraction of sp³-hybridized carbons (Fsp3) is 0.269. The highest BCUT2D eigenvalue weighted by atomic mass is 32.2. The lowest BCUT2D eigenvalue weighted by molar-refractivity contribution is -0.143. The number of aryl methyl sites for hydroxylation is 1. The zero-order valence-electron chi connectivity index (χ0n) is 21.6. The number of sulfonamides is 1. The second-order valence-electron chi connectivity index (χ2n) is 8.44. The lowest BCUT2D eigenvalue weighted by atomic mass is 10.1.